The van der Waals surface area contributed by atoms with Crippen LogP contribution in [0.4, 0.5) is 10.5 Å². The van der Waals surface area contributed by atoms with Crippen molar-refractivity contribution in [2.24, 2.45) is 5.92 Å². The molecule has 0 radical (unpaired) electrons. The summed E-state index contributed by atoms with van der Waals surface area (Å²) in [6, 6.07) is 8.77. The Bertz CT molecular complexity index is 485. The molecule has 1 saturated heterocycles. The third-order valence-corrected chi connectivity index (χ3v) is 4.34. The van der Waals surface area contributed by atoms with Crippen molar-refractivity contribution in [3.8, 4) is 0 Å². The van der Waals surface area contributed by atoms with Crippen molar-refractivity contribution >= 4 is 11.7 Å². The molecule has 0 aromatic heterocycles. The first kappa shape index (κ1) is 12.5. The Hall–Kier alpha value is -1.51. The molecule has 0 spiro atoms. The van der Waals surface area contributed by atoms with Crippen LogP contribution in [-0.4, -0.2) is 30.1 Å². The van der Waals surface area contributed by atoms with Gasteiger partial charge in [0.1, 0.15) is 0 Å². The molecule has 2 aliphatic heterocycles. The lowest BCUT2D eigenvalue weighted by molar-refractivity contribution is 0.174. The van der Waals surface area contributed by atoms with Crippen LogP contribution < -0.4 is 4.90 Å². The van der Waals surface area contributed by atoms with Gasteiger partial charge in [0.2, 0.25) is 0 Å². The first-order valence-corrected chi connectivity index (χ1v) is 7.33. The molecule has 2 amide bonds. The maximum absolute atomic E-state index is 12.8. The minimum atomic E-state index is 0.198. The van der Waals surface area contributed by atoms with Gasteiger partial charge in [-0.15, -0.1) is 0 Å². The molecule has 2 unspecified atom stereocenters. The second-order valence-corrected chi connectivity index (χ2v) is 6.03. The number of para-hydroxylation sites is 1. The van der Waals surface area contributed by atoms with Gasteiger partial charge in [0.05, 0.1) is 0 Å². The van der Waals surface area contributed by atoms with Crippen LogP contribution >= 0.6 is 0 Å². The van der Waals surface area contributed by atoms with Crippen LogP contribution in [0.25, 0.3) is 0 Å². The molecular formula is C16H22N2O. The molecule has 2 heterocycles. The number of benzene rings is 1. The summed E-state index contributed by atoms with van der Waals surface area (Å²) in [4.78, 5) is 16.8. The van der Waals surface area contributed by atoms with Crippen LogP contribution in [0.2, 0.25) is 0 Å². The summed E-state index contributed by atoms with van der Waals surface area (Å²) >= 11 is 0. The van der Waals surface area contributed by atoms with Crippen molar-refractivity contribution in [3.63, 3.8) is 0 Å². The first-order valence-electron chi connectivity index (χ1n) is 7.33. The standard InChI is InChI=1S/C16H22N2O/c1-12-6-5-9-17(11-12)16(19)18-13(2)10-14-7-3-4-8-15(14)18/h3-4,7-8,12-13H,5-6,9-11H2,1-2H3. The normalized spacial score (nSPS) is 26.4. The third-order valence-electron chi connectivity index (χ3n) is 4.34. The second-order valence-electron chi connectivity index (χ2n) is 6.03. The van der Waals surface area contributed by atoms with Crippen molar-refractivity contribution in [3.05, 3.63) is 29.8 Å². The average Bonchev–Trinajstić information content (AvgIpc) is 2.74. The van der Waals surface area contributed by atoms with E-state index in [1.165, 1.54) is 12.0 Å². The molecule has 1 fully saturated rings. The van der Waals surface area contributed by atoms with E-state index in [1.54, 1.807) is 0 Å². The number of fused-ring (bicyclic) bond motifs is 1. The maximum Gasteiger partial charge on any atom is 0.324 e. The largest absolute Gasteiger partial charge is 0.324 e. The molecule has 3 nitrogen and oxygen atoms in total. The van der Waals surface area contributed by atoms with Gasteiger partial charge in [0.25, 0.3) is 0 Å². The molecule has 1 aromatic carbocycles. The van der Waals surface area contributed by atoms with Gasteiger partial charge in [-0.1, -0.05) is 25.1 Å². The van der Waals surface area contributed by atoms with E-state index >= 15 is 0 Å². The lowest BCUT2D eigenvalue weighted by atomic mass is 10.0. The number of amides is 2. The number of nitrogens with zero attached hydrogens (tertiary/aromatic N) is 2. The number of hydrogen-bond donors (Lipinski definition) is 0. The molecule has 0 bridgehead atoms. The van der Waals surface area contributed by atoms with Crippen LogP contribution in [0.5, 0.6) is 0 Å². The summed E-state index contributed by atoms with van der Waals surface area (Å²) in [5, 5.41) is 0. The van der Waals surface area contributed by atoms with E-state index < -0.39 is 0 Å². The summed E-state index contributed by atoms with van der Waals surface area (Å²) in [6.45, 7) is 6.20. The predicted molar refractivity (Wildman–Crippen MR) is 77.5 cm³/mol. The number of carbonyl (C=O) groups is 1. The number of rotatable bonds is 0. The first-order chi connectivity index (χ1) is 9.16. The summed E-state index contributed by atoms with van der Waals surface area (Å²) in [7, 11) is 0. The number of anilines is 1. The molecular weight excluding hydrogens is 236 g/mol. The van der Waals surface area contributed by atoms with E-state index in [4.69, 9.17) is 0 Å². The number of hydrogen-bond acceptors (Lipinski definition) is 1. The highest BCUT2D eigenvalue weighted by molar-refractivity contribution is 5.95. The van der Waals surface area contributed by atoms with E-state index in [1.807, 2.05) is 15.9 Å². The van der Waals surface area contributed by atoms with Gasteiger partial charge in [-0.25, -0.2) is 4.79 Å². The highest BCUT2D eigenvalue weighted by atomic mass is 16.2. The van der Waals surface area contributed by atoms with Gasteiger partial charge in [0.15, 0.2) is 0 Å². The highest BCUT2D eigenvalue weighted by Gasteiger charge is 2.34. The van der Waals surface area contributed by atoms with Gasteiger partial charge in [-0.3, -0.25) is 4.90 Å². The smallest absolute Gasteiger partial charge is 0.324 e. The van der Waals surface area contributed by atoms with Crippen molar-refractivity contribution in [2.75, 3.05) is 18.0 Å². The maximum atomic E-state index is 12.8. The zero-order valence-corrected chi connectivity index (χ0v) is 11.8. The third kappa shape index (κ3) is 2.22. The monoisotopic (exact) mass is 258 g/mol. The van der Waals surface area contributed by atoms with E-state index in [2.05, 4.69) is 32.0 Å². The number of urea groups is 1. The quantitative estimate of drug-likeness (QED) is 0.700. The van der Waals surface area contributed by atoms with Crippen LogP contribution in [0.1, 0.15) is 32.3 Å². The molecule has 102 valence electrons. The molecule has 19 heavy (non-hydrogen) atoms. The fourth-order valence-electron chi connectivity index (χ4n) is 3.37. The van der Waals surface area contributed by atoms with Gasteiger partial charge in [-0.2, -0.15) is 0 Å². The minimum absolute atomic E-state index is 0.198. The van der Waals surface area contributed by atoms with E-state index in [-0.39, 0.29) is 12.1 Å². The zero-order valence-electron chi connectivity index (χ0n) is 11.8. The fraction of sp³-hybridized carbons (Fsp3) is 0.562. The van der Waals surface area contributed by atoms with Gasteiger partial charge < -0.3 is 4.90 Å². The summed E-state index contributed by atoms with van der Waals surface area (Å²) < 4.78 is 0. The Morgan fingerprint density at radius 1 is 1.26 bits per heavy atom. The lowest BCUT2D eigenvalue weighted by Crippen LogP contribution is -2.49. The Morgan fingerprint density at radius 2 is 2.05 bits per heavy atom. The Kier molecular flexibility index (Phi) is 3.21. The minimum Gasteiger partial charge on any atom is -0.324 e. The van der Waals surface area contributed by atoms with Crippen molar-refractivity contribution in [2.45, 2.75) is 39.2 Å². The zero-order chi connectivity index (χ0) is 13.4. The second kappa shape index (κ2) is 4.87. The lowest BCUT2D eigenvalue weighted by Gasteiger charge is -2.35. The Labute approximate surface area is 115 Å². The Balaban J connectivity index is 1.83. The van der Waals surface area contributed by atoms with Crippen LogP contribution in [0.15, 0.2) is 24.3 Å². The molecule has 0 saturated carbocycles. The predicted octanol–water partition coefficient (Wildman–Crippen LogP) is 3.29. The molecule has 0 N–H and O–H groups in total. The fourth-order valence-corrected chi connectivity index (χ4v) is 3.37. The molecule has 3 rings (SSSR count). The highest BCUT2D eigenvalue weighted by Crippen LogP contribution is 2.33. The number of piperidine rings is 1. The van der Waals surface area contributed by atoms with Gasteiger partial charge >= 0.3 is 6.03 Å². The summed E-state index contributed by atoms with van der Waals surface area (Å²) in [6.07, 6.45) is 3.36. The van der Waals surface area contributed by atoms with E-state index in [0.29, 0.717) is 5.92 Å². The molecule has 1 aromatic rings. The SMILES string of the molecule is CC1CCCN(C(=O)N2c3ccccc3CC2C)C1. The van der Waals surface area contributed by atoms with Crippen LogP contribution in [-0.2, 0) is 6.42 Å². The topological polar surface area (TPSA) is 23.6 Å². The van der Waals surface area contributed by atoms with Crippen LogP contribution in [0, 0.1) is 5.92 Å². The van der Waals surface area contributed by atoms with Crippen LogP contribution in [0.3, 0.4) is 0 Å². The van der Waals surface area contributed by atoms with E-state index in [0.717, 1.165) is 31.6 Å². The molecule has 0 aliphatic carbocycles. The molecule has 2 aliphatic rings. The molecule has 3 heteroatoms. The number of likely N-dealkylation sites (tertiary alicyclic amines) is 1. The van der Waals surface area contributed by atoms with Gasteiger partial charge in [-0.05, 0) is 43.7 Å². The van der Waals surface area contributed by atoms with Crippen molar-refractivity contribution in [1.82, 2.24) is 4.90 Å². The molecule has 2 atom stereocenters. The van der Waals surface area contributed by atoms with E-state index in [9.17, 15) is 4.79 Å². The van der Waals surface area contributed by atoms with Crippen molar-refractivity contribution < 1.29 is 4.79 Å². The summed E-state index contributed by atoms with van der Waals surface area (Å²) in [5.74, 6) is 0.630. The Morgan fingerprint density at radius 3 is 2.84 bits per heavy atom. The number of carbonyl (C=O) groups excluding carboxylic acids is 1. The van der Waals surface area contributed by atoms with Gasteiger partial charge in [0, 0.05) is 24.8 Å². The average molecular weight is 258 g/mol. The summed E-state index contributed by atoms with van der Waals surface area (Å²) in [5.41, 5.74) is 2.41. The van der Waals surface area contributed by atoms with Crippen molar-refractivity contribution in [1.29, 1.82) is 0 Å².